The van der Waals surface area contributed by atoms with Crippen LogP contribution in [0.1, 0.15) is 42.0 Å². The van der Waals surface area contributed by atoms with E-state index in [0.29, 0.717) is 11.7 Å². The highest BCUT2D eigenvalue weighted by Crippen LogP contribution is 2.25. The zero-order valence-corrected chi connectivity index (χ0v) is 12.5. The molecule has 2 heterocycles. The molecule has 1 N–H and O–H groups in total. The molecule has 0 spiro atoms. The number of carbonyl (C=O) groups excluding carboxylic acids is 1. The van der Waals surface area contributed by atoms with Crippen LogP contribution in [0.4, 0.5) is 5.00 Å². The van der Waals surface area contributed by atoms with Crippen molar-refractivity contribution in [2.45, 2.75) is 26.8 Å². The fourth-order valence-electron chi connectivity index (χ4n) is 1.72. The van der Waals surface area contributed by atoms with Crippen molar-refractivity contribution >= 4 is 22.2 Å². The second kappa shape index (κ2) is 6.00. The number of hydrogen-bond acceptors (Lipinski definition) is 7. The zero-order chi connectivity index (χ0) is 15.6. The van der Waals surface area contributed by atoms with Crippen LogP contribution in [-0.2, 0) is 0 Å². The molecule has 0 bridgehead atoms. The summed E-state index contributed by atoms with van der Waals surface area (Å²) in [7, 11) is 0. The summed E-state index contributed by atoms with van der Waals surface area (Å²) >= 11 is 0.910. The minimum Gasteiger partial charge on any atom is -0.340 e. The fourth-order valence-corrected chi connectivity index (χ4v) is 2.42. The molecule has 1 atom stereocenters. The maximum atomic E-state index is 12.2. The van der Waals surface area contributed by atoms with Gasteiger partial charge in [0.05, 0.1) is 10.5 Å². The SMILES string of the molecule is Cc1noc([C@H](NC(=O)c2csc([N+](=O)[O-])c2)C(C)C)n1. The van der Waals surface area contributed by atoms with Crippen molar-refractivity contribution < 1.29 is 14.2 Å². The van der Waals surface area contributed by atoms with Gasteiger partial charge in [0.1, 0.15) is 6.04 Å². The Morgan fingerprint density at radius 1 is 1.52 bits per heavy atom. The molecule has 2 rings (SSSR count). The summed E-state index contributed by atoms with van der Waals surface area (Å²) in [5.74, 6) is 0.424. The molecule has 0 saturated carbocycles. The van der Waals surface area contributed by atoms with E-state index >= 15 is 0 Å². The summed E-state index contributed by atoms with van der Waals surface area (Å²) in [6, 6.07) is 0.800. The molecule has 1 amide bonds. The Bertz CT molecular complexity index is 664. The molecule has 112 valence electrons. The number of hydrogen-bond donors (Lipinski definition) is 1. The summed E-state index contributed by atoms with van der Waals surface area (Å²) in [4.78, 5) is 26.4. The maximum Gasteiger partial charge on any atom is 0.324 e. The summed E-state index contributed by atoms with van der Waals surface area (Å²) < 4.78 is 5.09. The molecule has 2 aromatic rings. The Morgan fingerprint density at radius 2 is 2.24 bits per heavy atom. The van der Waals surface area contributed by atoms with Gasteiger partial charge in [-0.05, 0) is 12.8 Å². The van der Waals surface area contributed by atoms with Crippen molar-refractivity contribution in [1.82, 2.24) is 15.5 Å². The smallest absolute Gasteiger partial charge is 0.324 e. The molecular formula is C12H14N4O4S. The monoisotopic (exact) mass is 310 g/mol. The minimum absolute atomic E-state index is 0.0300. The molecule has 0 aliphatic rings. The van der Waals surface area contributed by atoms with E-state index in [9.17, 15) is 14.9 Å². The van der Waals surface area contributed by atoms with E-state index in [0.717, 1.165) is 11.3 Å². The van der Waals surface area contributed by atoms with E-state index in [2.05, 4.69) is 15.5 Å². The summed E-state index contributed by atoms with van der Waals surface area (Å²) in [6.07, 6.45) is 0. The average Bonchev–Trinajstić information content (AvgIpc) is 3.04. The van der Waals surface area contributed by atoms with Crippen molar-refractivity contribution in [1.29, 1.82) is 0 Å². The second-order valence-corrected chi connectivity index (χ2v) is 5.70. The number of amides is 1. The lowest BCUT2D eigenvalue weighted by Gasteiger charge is -2.17. The molecule has 0 saturated heterocycles. The normalized spacial score (nSPS) is 12.4. The Morgan fingerprint density at radius 3 is 2.71 bits per heavy atom. The van der Waals surface area contributed by atoms with Crippen LogP contribution in [0.2, 0.25) is 0 Å². The summed E-state index contributed by atoms with van der Waals surface area (Å²) in [6.45, 7) is 5.50. The quantitative estimate of drug-likeness (QED) is 0.670. The van der Waals surface area contributed by atoms with Crippen LogP contribution in [0.25, 0.3) is 0 Å². The topological polar surface area (TPSA) is 111 Å². The Kier molecular flexibility index (Phi) is 4.32. The van der Waals surface area contributed by atoms with E-state index in [-0.39, 0.29) is 16.5 Å². The van der Waals surface area contributed by atoms with Crippen LogP contribution >= 0.6 is 11.3 Å². The lowest BCUT2D eigenvalue weighted by atomic mass is 10.0. The van der Waals surface area contributed by atoms with E-state index < -0.39 is 16.9 Å². The number of rotatable bonds is 5. The van der Waals surface area contributed by atoms with Crippen LogP contribution in [0.5, 0.6) is 0 Å². The molecular weight excluding hydrogens is 296 g/mol. The second-order valence-electron chi connectivity index (χ2n) is 4.81. The van der Waals surface area contributed by atoms with Crippen molar-refractivity contribution in [3.05, 3.63) is 38.8 Å². The van der Waals surface area contributed by atoms with Crippen LogP contribution in [0.3, 0.4) is 0 Å². The molecule has 9 heteroatoms. The first kappa shape index (κ1) is 15.1. The molecule has 2 aromatic heterocycles. The van der Waals surface area contributed by atoms with Crippen molar-refractivity contribution in [2.24, 2.45) is 5.92 Å². The van der Waals surface area contributed by atoms with E-state index in [4.69, 9.17) is 4.52 Å². The first-order valence-corrected chi connectivity index (χ1v) is 7.10. The minimum atomic E-state index is -0.525. The van der Waals surface area contributed by atoms with Gasteiger partial charge < -0.3 is 9.84 Å². The standard InChI is InChI=1S/C12H14N4O4S/c1-6(2)10(12-13-7(3)15-20-12)14-11(17)8-4-9(16(18)19)21-5-8/h4-6,10H,1-3H3,(H,14,17)/t10-/m1/s1. The summed E-state index contributed by atoms with van der Waals surface area (Å²) in [5, 5.41) is 18.5. The number of nitrogens with one attached hydrogen (secondary N) is 1. The lowest BCUT2D eigenvalue weighted by molar-refractivity contribution is -0.380. The highest BCUT2D eigenvalue weighted by Gasteiger charge is 2.25. The first-order chi connectivity index (χ1) is 9.88. The van der Waals surface area contributed by atoms with Gasteiger partial charge in [-0.3, -0.25) is 14.9 Å². The highest BCUT2D eigenvalue weighted by molar-refractivity contribution is 7.13. The van der Waals surface area contributed by atoms with E-state index in [1.807, 2.05) is 13.8 Å². The van der Waals surface area contributed by atoms with Crippen LogP contribution < -0.4 is 5.32 Å². The van der Waals surface area contributed by atoms with Crippen molar-refractivity contribution in [2.75, 3.05) is 0 Å². The van der Waals surface area contributed by atoms with Crippen LogP contribution in [0.15, 0.2) is 16.0 Å². The Labute approximate surface area is 124 Å². The van der Waals surface area contributed by atoms with Crippen LogP contribution in [-0.4, -0.2) is 21.0 Å². The predicted octanol–water partition coefficient (Wildman–Crippen LogP) is 2.47. The van der Waals surface area contributed by atoms with Gasteiger partial charge >= 0.3 is 5.00 Å². The number of thiophene rings is 1. The highest BCUT2D eigenvalue weighted by atomic mass is 32.1. The Balaban J connectivity index is 2.16. The number of aryl methyl sites for hydroxylation is 1. The number of nitrogens with zero attached hydrogens (tertiary/aromatic N) is 3. The van der Waals surface area contributed by atoms with Gasteiger partial charge in [-0.25, -0.2) is 0 Å². The van der Waals surface area contributed by atoms with Gasteiger partial charge in [0.2, 0.25) is 5.89 Å². The van der Waals surface area contributed by atoms with Gasteiger partial charge in [0, 0.05) is 11.4 Å². The molecule has 0 fully saturated rings. The van der Waals surface area contributed by atoms with Crippen LogP contribution in [0, 0.1) is 23.0 Å². The molecule has 21 heavy (non-hydrogen) atoms. The number of aromatic nitrogens is 2. The van der Waals surface area contributed by atoms with Gasteiger partial charge in [-0.2, -0.15) is 4.98 Å². The average molecular weight is 310 g/mol. The molecule has 8 nitrogen and oxygen atoms in total. The number of carbonyl (C=O) groups is 1. The van der Waals surface area contributed by atoms with E-state index in [1.54, 1.807) is 6.92 Å². The molecule has 0 aromatic carbocycles. The van der Waals surface area contributed by atoms with Gasteiger partial charge in [0.25, 0.3) is 5.91 Å². The maximum absolute atomic E-state index is 12.2. The molecule has 0 unspecified atom stereocenters. The number of nitro groups is 1. The van der Waals surface area contributed by atoms with Crippen molar-refractivity contribution in [3.63, 3.8) is 0 Å². The fraction of sp³-hybridized carbons (Fsp3) is 0.417. The molecule has 0 aliphatic carbocycles. The van der Waals surface area contributed by atoms with Gasteiger partial charge in [-0.1, -0.05) is 30.3 Å². The Hall–Kier alpha value is -2.29. The lowest BCUT2D eigenvalue weighted by Crippen LogP contribution is -2.31. The largest absolute Gasteiger partial charge is 0.340 e. The van der Waals surface area contributed by atoms with Crippen molar-refractivity contribution in [3.8, 4) is 0 Å². The first-order valence-electron chi connectivity index (χ1n) is 6.22. The third-order valence-electron chi connectivity index (χ3n) is 2.79. The third-order valence-corrected chi connectivity index (χ3v) is 3.67. The third kappa shape index (κ3) is 3.43. The van der Waals surface area contributed by atoms with E-state index in [1.165, 1.54) is 11.4 Å². The van der Waals surface area contributed by atoms with Gasteiger partial charge in [0.15, 0.2) is 5.82 Å². The molecule has 0 radical (unpaired) electrons. The molecule has 0 aliphatic heterocycles. The predicted molar refractivity (Wildman–Crippen MR) is 75.1 cm³/mol. The zero-order valence-electron chi connectivity index (χ0n) is 11.7. The van der Waals surface area contributed by atoms with Gasteiger partial charge in [-0.15, -0.1) is 0 Å². The summed E-state index contributed by atoms with van der Waals surface area (Å²) in [5.41, 5.74) is 0.244.